The van der Waals surface area contributed by atoms with Crippen LogP contribution in [-0.2, 0) is 7.05 Å². The van der Waals surface area contributed by atoms with E-state index in [1.165, 1.54) is 17.9 Å². The Bertz CT molecular complexity index is 689. The van der Waals surface area contributed by atoms with E-state index in [1.54, 1.807) is 6.07 Å². The maximum Gasteiger partial charge on any atom is 0.354 e. The lowest BCUT2D eigenvalue weighted by Gasteiger charge is -2.10. The van der Waals surface area contributed by atoms with Gasteiger partial charge >= 0.3 is 5.97 Å². The SMILES string of the molecule is Cc1cccc(NC(=O)c2cnn(C)c2C(=O)O)c1C. The fraction of sp³-hybridized carbons (Fsp3) is 0.214. The molecule has 0 saturated carbocycles. The normalized spacial score (nSPS) is 10.3. The number of aromatic carboxylic acids is 1. The number of rotatable bonds is 3. The smallest absolute Gasteiger partial charge is 0.354 e. The number of hydrogen-bond donors (Lipinski definition) is 2. The van der Waals surface area contributed by atoms with Crippen LogP contribution in [0.15, 0.2) is 24.4 Å². The minimum absolute atomic E-state index is 0.0425. The predicted octanol–water partition coefficient (Wildman–Crippen LogP) is 1.99. The number of aromatic nitrogens is 2. The van der Waals surface area contributed by atoms with Crippen LogP contribution < -0.4 is 5.32 Å². The Labute approximate surface area is 116 Å². The molecule has 6 nitrogen and oxygen atoms in total. The molecule has 2 aromatic rings. The van der Waals surface area contributed by atoms with Crippen molar-refractivity contribution in [2.24, 2.45) is 7.05 Å². The van der Waals surface area contributed by atoms with Gasteiger partial charge in [0.25, 0.3) is 5.91 Å². The monoisotopic (exact) mass is 273 g/mol. The molecule has 1 amide bonds. The zero-order valence-corrected chi connectivity index (χ0v) is 11.5. The molecule has 1 aromatic heterocycles. The number of carboxylic acid groups (broad SMARTS) is 1. The summed E-state index contributed by atoms with van der Waals surface area (Å²) >= 11 is 0. The first-order valence-corrected chi connectivity index (χ1v) is 6.04. The lowest BCUT2D eigenvalue weighted by Crippen LogP contribution is -2.17. The lowest BCUT2D eigenvalue weighted by molar-refractivity contribution is 0.0680. The van der Waals surface area contributed by atoms with Crippen LogP contribution in [-0.4, -0.2) is 26.8 Å². The molecular weight excluding hydrogens is 258 g/mol. The number of amides is 1. The van der Waals surface area contributed by atoms with Gasteiger partial charge < -0.3 is 10.4 Å². The number of aryl methyl sites for hydroxylation is 2. The van der Waals surface area contributed by atoms with Gasteiger partial charge in [0.1, 0.15) is 0 Å². The van der Waals surface area contributed by atoms with Crippen molar-refractivity contribution >= 4 is 17.6 Å². The van der Waals surface area contributed by atoms with Crippen LogP contribution in [0.1, 0.15) is 32.0 Å². The Hall–Kier alpha value is -2.63. The number of carbonyl (C=O) groups excluding carboxylic acids is 1. The van der Waals surface area contributed by atoms with Crippen LogP contribution in [0.2, 0.25) is 0 Å². The molecule has 0 aliphatic rings. The van der Waals surface area contributed by atoms with Crippen molar-refractivity contribution in [2.75, 3.05) is 5.32 Å². The first-order chi connectivity index (χ1) is 9.41. The van der Waals surface area contributed by atoms with Gasteiger partial charge in [-0.1, -0.05) is 12.1 Å². The van der Waals surface area contributed by atoms with Gasteiger partial charge in [-0.15, -0.1) is 0 Å². The third-order valence-corrected chi connectivity index (χ3v) is 3.24. The molecule has 0 saturated heterocycles. The molecule has 1 aromatic carbocycles. The summed E-state index contributed by atoms with van der Waals surface area (Å²) in [6.45, 7) is 3.84. The van der Waals surface area contributed by atoms with E-state index in [1.807, 2.05) is 26.0 Å². The molecule has 0 fully saturated rings. The first kappa shape index (κ1) is 13.8. The van der Waals surface area contributed by atoms with Gasteiger partial charge in [-0.25, -0.2) is 4.79 Å². The number of nitrogens with one attached hydrogen (secondary N) is 1. The fourth-order valence-corrected chi connectivity index (χ4v) is 1.93. The highest BCUT2D eigenvalue weighted by Crippen LogP contribution is 2.19. The second kappa shape index (κ2) is 5.16. The molecule has 2 rings (SSSR count). The van der Waals surface area contributed by atoms with Gasteiger partial charge in [-0.2, -0.15) is 5.10 Å². The van der Waals surface area contributed by atoms with Crippen LogP contribution in [0, 0.1) is 13.8 Å². The molecular formula is C14H15N3O3. The highest BCUT2D eigenvalue weighted by molar-refractivity contribution is 6.10. The molecule has 20 heavy (non-hydrogen) atoms. The number of hydrogen-bond acceptors (Lipinski definition) is 3. The summed E-state index contributed by atoms with van der Waals surface area (Å²) in [6, 6.07) is 5.55. The summed E-state index contributed by atoms with van der Waals surface area (Å²) in [5.74, 6) is -1.67. The standard InChI is InChI=1S/C14H15N3O3/c1-8-5-4-6-11(9(8)2)16-13(18)10-7-15-17(3)12(10)14(19)20/h4-7H,1-3H3,(H,16,18)(H,19,20). The van der Waals surface area contributed by atoms with E-state index >= 15 is 0 Å². The lowest BCUT2D eigenvalue weighted by atomic mass is 10.1. The second-order valence-electron chi connectivity index (χ2n) is 4.54. The van der Waals surface area contributed by atoms with E-state index < -0.39 is 11.9 Å². The van der Waals surface area contributed by atoms with Crippen LogP contribution in [0.4, 0.5) is 5.69 Å². The van der Waals surface area contributed by atoms with Crippen molar-refractivity contribution in [2.45, 2.75) is 13.8 Å². The van der Waals surface area contributed by atoms with Crippen LogP contribution >= 0.6 is 0 Å². The van der Waals surface area contributed by atoms with Crippen molar-refractivity contribution in [3.8, 4) is 0 Å². The van der Waals surface area contributed by atoms with E-state index in [4.69, 9.17) is 5.11 Å². The minimum atomic E-state index is -1.18. The molecule has 0 aliphatic carbocycles. The molecule has 1 heterocycles. The van der Waals surface area contributed by atoms with Gasteiger partial charge in [-0.05, 0) is 31.0 Å². The molecule has 0 aliphatic heterocycles. The van der Waals surface area contributed by atoms with Crippen molar-refractivity contribution in [3.63, 3.8) is 0 Å². The van der Waals surface area contributed by atoms with Crippen molar-refractivity contribution in [1.82, 2.24) is 9.78 Å². The highest BCUT2D eigenvalue weighted by Gasteiger charge is 2.21. The van der Waals surface area contributed by atoms with Crippen LogP contribution in [0.3, 0.4) is 0 Å². The van der Waals surface area contributed by atoms with E-state index in [9.17, 15) is 9.59 Å². The zero-order chi connectivity index (χ0) is 14.9. The van der Waals surface area contributed by atoms with E-state index in [2.05, 4.69) is 10.4 Å². The van der Waals surface area contributed by atoms with Gasteiger partial charge in [0.2, 0.25) is 0 Å². The largest absolute Gasteiger partial charge is 0.477 e. The molecule has 0 radical (unpaired) electrons. The Morgan fingerprint density at radius 1 is 1.30 bits per heavy atom. The van der Waals surface area contributed by atoms with Gasteiger partial charge in [0, 0.05) is 12.7 Å². The Kier molecular flexibility index (Phi) is 3.56. The van der Waals surface area contributed by atoms with E-state index in [0.717, 1.165) is 11.1 Å². The number of carbonyl (C=O) groups is 2. The van der Waals surface area contributed by atoms with E-state index in [0.29, 0.717) is 5.69 Å². The number of anilines is 1. The molecule has 0 unspecified atom stereocenters. The Balaban J connectivity index is 2.34. The van der Waals surface area contributed by atoms with Gasteiger partial charge in [0.15, 0.2) is 5.69 Å². The summed E-state index contributed by atoms with van der Waals surface area (Å²) in [6.07, 6.45) is 1.25. The molecule has 2 N–H and O–H groups in total. The third kappa shape index (κ3) is 2.40. The Morgan fingerprint density at radius 2 is 2.00 bits per heavy atom. The Morgan fingerprint density at radius 3 is 2.65 bits per heavy atom. The third-order valence-electron chi connectivity index (χ3n) is 3.24. The second-order valence-corrected chi connectivity index (χ2v) is 4.54. The van der Waals surface area contributed by atoms with Crippen molar-refractivity contribution < 1.29 is 14.7 Å². The van der Waals surface area contributed by atoms with Gasteiger partial charge in [-0.3, -0.25) is 9.48 Å². The van der Waals surface area contributed by atoms with Crippen LogP contribution in [0.5, 0.6) is 0 Å². The fourth-order valence-electron chi connectivity index (χ4n) is 1.93. The molecule has 0 atom stereocenters. The summed E-state index contributed by atoms with van der Waals surface area (Å²) in [7, 11) is 1.48. The zero-order valence-electron chi connectivity index (χ0n) is 11.5. The van der Waals surface area contributed by atoms with Gasteiger partial charge in [0.05, 0.1) is 11.8 Å². The average molecular weight is 273 g/mol. The van der Waals surface area contributed by atoms with Crippen LogP contribution in [0.25, 0.3) is 0 Å². The highest BCUT2D eigenvalue weighted by atomic mass is 16.4. The van der Waals surface area contributed by atoms with Crippen molar-refractivity contribution in [1.29, 1.82) is 0 Å². The maximum atomic E-state index is 12.2. The minimum Gasteiger partial charge on any atom is -0.477 e. The maximum absolute atomic E-state index is 12.2. The summed E-state index contributed by atoms with van der Waals surface area (Å²) in [5, 5.41) is 15.6. The number of nitrogens with zero attached hydrogens (tertiary/aromatic N) is 2. The number of carboxylic acids is 1. The topological polar surface area (TPSA) is 84.2 Å². The summed E-state index contributed by atoms with van der Waals surface area (Å²) in [5.41, 5.74) is 2.57. The van der Waals surface area contributed by atoms with E-state index in [-0.39, 0.29) is 11.3 Å². The first-order valence-electron chi connectivity index (χ1n) is 6.04. The molecule has 6 heteroatoms. The molecule has 0 bridgehead atoms. The molecule has 104 valence electrons. The quantitative estimate of drug-likeness (QED) is 0.895. The summed E-state index contributed by atoms with van der Waals surface area (Å²) in [4.78, 5) is 23.3. The van der Waals surface area contributed by atoms with Crippen molar-refractivity contribution in [3.05, 3.63) is 46.8 Å². The molecule has 0 spiro atoms. The predicted molar refractivity (Wildman–Crippen MR) is 74.0 cm³/mol. The number of benzene rings is 1. The average Bonchev–Trinajstić information content (AvgIpc) is 2.77. The summed E-state index contributed by atoms with van der Waals surface area (Å²) < 4.78 is 1.17.